The van der Waals surface area contributed by atoms with Crippen LogP contribution in [0.2, 0.25) is 0 Å². The molecule has 106 valence electrons. The van der Waals surface area contributed by atoms with Gasteiger partial charge in [-0.05, 0) is 22.9 Å². The molecule has 3 aromatic rings. The molecule has 0 saturated heterocycles. The van der Waals surface area contributed by atoms with E-state index in [4.69, 9.17) is 0 Å². The molecule has 1 aromatic carbocycles. The van der Waals surface area contributed by atoms with Crippen molar-refractivity contribution in [3.8, 4) is 11.3 Å². The number of nitrogens with one attached hydrogen (secondary N) is 2. The lowest BCUT2D eigenvalue weighted by Crippen LogP contribution is -2.12. The summed E-state index contributed by atoms with van der Waals surface area (Å²) in [4.78, 5) is 16.6. The number of nitrogens with zero attached hydrogens (tertiary/aromatic N) is 2. The monoisotopic (exact) mass is 362 g/mol. The minimum atomic E-state index is -0.291. The second-order valence-electron chi connectivity index (χ2n) is 4.37. The van der Waals surface area contributed by atoms with Crippen LogP contribution in [0.1, 0.15) is 16.2 Å². The maximum absolute atomic E-state index is 12.1. The van der Waals surface area contributed by atoms with Crippen LogP contribution in [0.15, 0.2) is 40.2 Å². The highest BCUT2D eigenvalue weighted by Crippen LogP contribution is 2.25. The van der Waals surface area contributed by atoms with Gasteiger partial charge in [0.1, 0.15) is 0 Å². The van der Waals surface area contributed by atoms with E-state index in [2.05, 4.69) is 36.4 Å². The van der Waals surface area contributed by atoms with E-state index in [1.165, 1.54) is 11.3 Å². The van der Waals surface area contributed by atoms with Crippen molar-refractivity contribution in [2.45, 2.75) is 6.92 Å². The van der Waals surface area contributed by atoms with E-state index in [-0.39, 0.29) is 5.91 Å². The van der Waals surface area contributed by atoms with Crippen molar-refractivity contribution in [3.05, 3.63) is 51.6 Å². The number of rotatable bonds is 3. The molecule has 21 heavy (non-hydrogen) atoms. The summed E-state index contributed by atoms with van der Waals surface area (Å²) in [6.07, 6.45) is 0. The van der Waals surface area contributed by atoms with Gasteiger partial charge in [0, 0.05) is 16.6 Å². The van der Waals surface area contributed by atoms with Gasteiger partial charge in [0.25, 0.3) is 5.91 Å². The number of hydrogen-bond acceptors (Lipinski definition) is 4. The van der Waals surface area contributed by atoms with E-state index in [9.17, 15) is 4.79 Å². The zero-order valence-electron chi connectivity index (χ0n) is 11.1. The summed E-state index contributed by atoms with van der Waals surface area (Å²) in [5.41, 5.74) is 2.99. The normalized spacial score (nSPS) is 10.6. The first kappa shape index (κ1) is 14.0. The predicted octanol–water partition coefficient (Wildman–Crippen LogP) is 3.86. The van der Waals surface area contributed by atoms with Crippen LogP contribution in [-0.4, -0.2) is 21.1 Å². The van der Waals surface area contributed by atoms with Crippen LogP contribution in [0.4, 0.5) is 5.13 Å². The number of thiazole rings is 1. The Morgan fingerprint density at radius 1 is 1.33 bits per heavy atom. The molecule has 2 N–H and O–H groups in total. The molecule has 0 unspecified atom stereocenters. The number of benzene rings is 1. The van der Waals surface area contributed by atoms with Crippen molar-refractivity contribution in [1.29, 1.82) is 0 Å². The molecule has 0 atom stereocenters. The van der Waals surface area contributed by atoms with E-state index in [1.54, 1.807) is 0 Å². The smallest absolute Gasteiger partial charge is 0.279 e. The number of H-pyrrole nitrogens is 1. The number of carbonyl (C=O) groups excluding carboxylic acids is 1. The Hall–Kier alpha value is -1.99. The molecule has 7 heteroatoms. The number of amides is 1. The molecule has 0 aliphatic heterocycles. The Kier molecular flexibility index (Phi) is 3.85. The van der Waals surface area contributed by atoms with Crippen molar-refractivity contribution in [1.82, 2.24) is 15.2 Å². The van der Waals surface area contributed by atoms with Crippen molar-refractivity contribution in [2.24, 2.45) is 0 Å². The minimum Gasteiger partial charge on any atom is -0.296 e. The van der Waals surface area contributed by atoms with Crippen molar-refractivity contribution < 1.29 is 4.79 Å². The van der Waals surface area contributed by atoms with Crippen molar-refractivity contribution >= 4 is 38.3 Å². The van der Waals surface area contributed by atoms with Crippen LogP contribution < -0.4 is 5.32 Å². The van der Waals surface area contributed by atoms with Gasteiger partial charge in [-0.1, -0.05) is 30.3 Å². The number of hydrogen-bond donors (Lipinski definition) is 2. The number of aromatic nitrogens is 3. The molecule has 0 fully saturated rings. The fourth-order valence-electron chi connectivity index (χ4n) is 1.79. The summed E-state index contributed by atoms with van der Waals surface area (Å²) in [5.74, 6) is -0.291. The summed E-state index contributed by atoms with van der Waals surface area (Å²) in [7, 11) is 0. The number of aromatic amines is 1. The van der Waals surface area contributed by atoms with Gasteiger partial charge in [-0.15, -0.1) is 11.3 Å². The average molecular weight is 363 g/mol. The summed E-state index contributed by atoms with van der Waals surface area (Å²) in [6.45, 7) is 1.84. The molecule has 2 heterocycles. The Morgan fingerprint density at radius 2 is 2.10 bits per heavy atom. The average Bonchev–Trinajstić information content (AvgIpc) is 3.08. The fraction of sp³-hybridized carbons (Fsp3) is 0.0714. The first-order valence-corrected chi connectivity index (χ1v) is 7.85. The number of halogens is 1. The van der Waals surface area contributed by atoms with Crippen LogP contribution in [0.5, 0.6) is 0 Å². The molecule has 2 aromatic heterocycles. The Balaban J connectivity index is 1.79. The SMILES string of the molecule is Cc1[nH]nc(C(=O)Nc2nc(-c3ccccc3)cs2)c1Br. The lowest BCUT2D eigenvalue weighted by Gasteiger charge is -1.99. The van der Waals surface area contributed by atoms with Gasteiger partial charge in [0.2, 0.25) is 0 Å². The quantitative estimate of drug-likeness (QED) is 0.743. The number of aryl methyl sites for hydroxylation is 1. The molecular weight excluding hydrogens is 352 g/mol. The second-order valence-corrected chi connectivity index (χ2v) is 6.02. The number of anilines is 1. The third-order valence-corrected chi connectivity index (χ3v) is 4.61. The molecule has 0 aliphatic rings. The highest BCUT2D eigenvalue weighted by atomic mass is 79.9. The lowest BCUT2D eigenvalue weighted by molar-refractivity contribution is 0.102. The van der Waals surface area contributed by atoms with E-state index in [0.717, 1.165) is 17.0 Å². The Morgan fingerprint density at radius 3 is 2.76 bits per heavy atom. The van der Waals surface area contributed by atoms with Gasteiger partial charge in [-0.3, -0.25) is 15.2 Å². The van der Waals surface area contributed by atoms with E-state index < -0.39 is 0 Å². The summed E-state index contributed by atoms with van der Waals surface area (Å²) >= 11 is 4.72. The maximum atomic E-state index is 12.1. The molecular formula is C14H11BrN4OS. The van der Waals surface area contributed by atoms with Gasteiger partial charge in [-0.25, -0.2) is 4.98 Å². The topological polar surface area (TPSA) is 70.7 Å². The third kappa shape index (κ3) is 2.88. The Labute approximate surface area is 133 Å². The van der Waals surface area contributed by atoms with Gasteiger partial charge in [0.15, 0.2) is 10.8 Å². The van der Waals surface area contributed by atoms with Crippen molar-refractivity contribution in [2.75, 3.05) is 5.32 Å². The highest BCUT2D eigenvalue weighted by molar-refractivity contribution is 9.10. The summed E-state index contributed by atoms with van der Waals surface area (Å²) < 4.78 is 0.667. The van der Waals surface area contributed by atoms with Crippen LogP contribution in [-0.2, 0) is 0 Å². The van der Waals surface area contributed by atoms with E-state index in [1.807, 2.05) is 42.6 Å². The third-order valence-electron chi connectivity index (χ3n) is 2.88. The van der Waals surface area contributed by atoms with Crippen LogP contribution in [0, 0.1) is 6.92 Å². The molecule has 0 bridgehead atoms. The zero-order valence-corrected chi connectivity index (χ0v) is 13.5. The second kappa shape index (κ2) is 5.79. The van der Waals surface area contributed by atoms with Crippen LogP contribution >= 0.6 is 27.3 Å². The van der Waals surface area contributed by atoms with E-state index >= 15 is 0 Å². The molecule has 0 aliphatic carbocycles. The zero-order chi connectivity index (χ0) is 14.8. The lowest BCUT2D eigenvalue weighted by atomic mass is 10.2. The van der Waals surface area contributed by atoms with Gasteiger partial charge < -0.3 is 0 Å². The van der Waals surface area contributed by atoms with Crippen LogP contribution in [0.3, 0.4) is 0 Å². The van der Waals surface area contributed by atoms with Gasteiger partial charge in [0.05, 0.1) is 10.2 Å². The summed E-state index contributed by atoms with van der Waals surface area (Å²) in [6, 6.07) is 9.83. The van der Waals surface area contributed by atoms with Gasteiger partial charge in [-0.2, -0.15) is 5.10 Å². The standard InChI is InChI=1S/C14H11BrN4OS/c1-8-11(15)12(19-18-8)13(20)17-14-16-10(7-21-14)9-5-3-2-4-6-9/h2-7H,1H3,(H,18,19)(H,16,17,20). The molecule has 3 rings (SSSR count). The first-order valence-electron chi connectivity index (χ1n) is 6.18. The van der Waals surface area contributed by atoms with E-state index in [0.29, 0.717) is 15.3 Å². The van der Waals surface area contributed by atoms with Crippen molar-refractivity contribution in [3.63, 3.8) is 0 Å². The summed E-state index contributed by atoms with van der Waals surface area (Å²) in [5, 5.41) is 11.9. The maximum Gasteiger partial charge on any atom is 0.279 e. The predicted molar refractivity (Wildman–Crippen MR) is 86.5 cm³/mol. The molecule has 1 amide bonds. The molecule has 5 nitrogen and oxygen atoms in total. The number of carbonyl (C=O) groups is 1. The molecule has 0 saturated carbocycles. The first-order chi connectivity index (χ1) is 10.1. The molecule has 0 spiro atoms. The minimum absolute atomic E-state index is 0.291. The largest absolute Gasteiger partial charge is 0.296 e. The Bertz CT molecular complexity index is 781. The fourth-order valence-corrected chi connectivity index (χ4v) is 2.87. The van der Waals surface area contributed by atoms with Gasteiger partial charge >= 0.3 is 0 Å². The highest BCUT2D eigenvalue weighted by Gasteiger charge is 2.17. The molecule has 0 radical (unpaired) electrons. The van der Waals surface area contributed by atoms with Crippen LogP contribution in [0.25, 0.3) is 11.3 Å².